The van der Waals surface area contributed by atoms with Crippen LogP contribution in [-0.4, -0.2) is 30.5 Å². The van der Waals surface area contributed by atoms with Gasteiger partial charge in [-0.05, 0) is 37.5 Å². The topological polar surface area (TPSA) is 41.1 Å². The number of hydrogen-bond donors (Lipinski definition) is 2. The maximum Gasteiger partial charge on any atom is 0.238 e. The second kappa shape index (κ2) is 8.14. The van der Waals surface area contributed by atoms with Gasteiger partial charge < -0.3 is 10.6 Å². The lowest BCUT2D eigenvalue weighted by molar-refractivity contribution is -0.115. The highest BCUT2D eigenvalue weighted by molar-refractivity contribution is 7.98. The predicted molar refractivity (Wildman–Crippen MR) is 75.5 cm³/mol. The number of anilines is 1. The van der Waals surface area contributed by atoms with Crippen LogP contribution in [0.25, 0.3) is 0 Å². The summed E-state index contributed by atoms with van der Waals surface area (Å²) in [5.74, 6) is 1.13. The molecule has 1 aromatic rings. The molecular formula is C13H20N2OS. The molecule has 17 heavy (non-hydrogen) atoms. The van der Waals surface area contributed by atoms with E-state index in [9.17, 15) is 4.79 Å². The van der Waals surface area contributed by atoms with E-state index in [0.29, 0.717) is 12.6 Å². The van der Waals surface area contributed by atoms with Gasteiger partial charge in [-0.1, -0.05) is 18.2 Å². The Balaban J connectivity index is 2.21. The van der Waals surface area contributed by atoms with Gasteiger partial charge in [0.2, 0.25) is 5.91 Å². The number of carbonyl (C=O) groups is 1. The summed E-state index contributed by atoms with van der Waals surface area (Å²) < 4.78 is 0. The first-order chi connectivity index (χ1) is 8.22. The zero-order valence-corrected chi connectivity index (χ0v) is 11.2. The van der Waals surface area contributed by atoms with Crippen molar-refractivity contribution >= 4 is 23.4 Å². The summed E-state index contributed by atoms with van der Waals surface area (Å²) in [5, 5.41) is 6.06. The molecule has 3 nitrogen and oxygen atoms in total. The highest BCUT2D eigenvalue weighted by Crippen LogP contribution is 2.04. The van der Waals surface area contributed by atoms with Crippen LogP contribution in [0.2, 0.25) is 0 Å². The average Bonchev–Trinajstić information content (AvgIpc) is 2.35. The molecule has 2 N–H and O–H groups in total. The van der Waals surface area contributed by atoms with Crippen LogP contribution in [0.4, 0.5) is 5.69 Å². The van der Waals surface area contributed by atoms with Crippen LogP contribution in [0.5, 0.6) is 0 Å². The Labute approximate surface area is 107 Å². The number of hydrogen-bond acceptors (Lipinski definition) is 3. The van der Waals surface area contributed by atoms with Crippen LogP contribution in [0.3, 0.4) is 0 Å². The van der Waals surface area contributed by atoms with Gasteiger partial charge in [0.25, 0.3) is 0 Å². The predicted octanol–water partition coefficient (Wildman–Crippen LogP) is 2.36. The highest BCUT2D eigenvalue weighted by Gasteiger charge is 2.05. The van der Waals surface area contributed by atoms with Crippen molar-refractivity contribution in [3.63, 3.8) is 0 Å². The summed E-state index contributed by atoms with van der Waals surface area (Å²) in [7, 11) is 0. The van der Waals surface area contributed by atoms with Crippen LogP contribution >= 0.6 is 11.8 Å². The molecule has 0 saturated heterocycles. The lowest BCUT2D eigenvalue weighted by Gasteiger charge is -2.12. The van der Waals surface area contributed by atoms with Crippen molar-refractivity contribution in [2.45, 2.75) is 19.4 Å². The normalized spacial score (nSPS) is 12.1. The van der Waals surface area contributed by atoms with Crippen LogP contribution in [-0.2, 0) is 4.79 Å². The van der Waals surface area contributed by atoms with E-state index in [1.807, 2.05) is 42.1 Å². The minimum Gasteiger partial charge on any atom is -0.325 e. The minimum absolute atomic E-state index is 0.00667. The molecule has 0 spiro atoms. The van der Waals surface area contributed by atoms with Gasteiger partial charge in [0, 0.05) is 11.7 Å². The fourth-order valence-electron chi connectivity index (χ4n) is 1.39. The number of nitrogens with one attached hydrogen (secondary N) is 2. The van der Waals surface area contributed by atoms with Crippen LogP contribution in [0.15, 0.2) is 30.3 Å². The van der Waals surface area contributed by atoms with Crippen molar-refractivity contribution < 1.29 is 4.79 Å². The van der Waals surface area contributed by atoms with Gasteiger partial charge >= 0.3 is 0 Å². The Morgan fingerprint density at radius 1 is 1.35 bits per heavy atom. The van der Waals surface area contributed by atoms with Crippen molar-refractivity contribution in [2.75, 3.05) is 23.9 Å². The summed E-state index contributed by atoms with van der Waals surface area (Å²) in [4.78, 5) is 11.6. The average molecular weight is 252 g/mol. The summed E-state index contributed by atoms with van der Waals surface area (Å²) in [6.07, 6.45) is 3.18. The monoisotopic (exact) mass is 252 g/mol. The number of amides is 1. The molecule has 1 atom stereocenters. The SMILES string of the molecule is CSCCC(C)NCC(=O)Nc1ccccc1. The van der Waals surface area contributed by atoms with E-state index in [0.717, 1.165) is 17.9 Å². The van der Waals surface area contributed by atoms with E-state index in [4.69, 9.17) is 0 Å². The lowest BCUT2D eigenvalue weighted by Crippen LogP contribution is -2.34. The largest absolute Gasteiger partial charge is 0.325 e. The summed E-state index contributed by atoms with van der Waals surface area (Å²) in [6, 6.07) is 9.89. The fourth-order valence-corrected chi connectivity index (χ4v) is 1.98. The van der Waals surface area contributed by atoms with Crippen molar-refractivity contribution in [3.8, 4) is 0 Å². The molecule has 1 rings (SSSR count). The Morgan fingerprint density at radius 2 is 2.06 bits per heavy atom. The molecule has 0 saturated carbocycles. The van der Waals surface area contributed by atoms with E-state index in [-0.39, 0.29) is 5.91 Å². The molecule has 1 amide bonds. The second-order valence-corrected chi connectivity index (χ2v) is 4.96. The van der Waals surface area contributed by atoms with E-state index in [1.54, 1.807) is 0 Å². The number of thioether (sulfide) groups is 1. The molecule has 1 unspecified atom stereocenters. The van der Waals surface area contributed by atoms with Gasteiger partial charge in [0.05, 0.1) is 6.54 Å². The molecule has 0 heterocycles. The van der Waals surface area contributed by atoms with Crippen LogP contribution < -0.4 is 10.6 Å². The van der Waals surface area contributed by atoms with Gasteiger partial charge in [-0.25, -0.2) is 0 Å². The third-order valence-electron chi connectivity index (χ3n) is 2.42. The second-order valence-electron chi connectivity index (χ2n) is 3.98. The van der Waals surface area contributed by atoms with Crippen molar-refractivity contribution in [2.24, 2.45) is 0 Å². The fraction of sp³-hybridized carbons (Fsp3) is 0.462. The van der Waals surface area contributed by atoms with Crippen LogP contribution in [0.1, 0.15) is 13.3 Å². The smallest absolute Gasteiger partial charge is 0.238 e. The molecule has 94 valence electrons. The van der Waals surface area contributed by atoms with Gasteiger partial charge in [0.1, 0.15) is 0 Å². The molecule has 0 aliphatic rings. The van der Waals surface area contributed by atoms with Crippen molar-refractivity contribution in [1.29, 1.82) is 0 Å². The maximum absolute atomic E-state index is 11.6. The summed E-state index contributed by atoms with van der Waals surface area (Å²) >= 11 is 1.83. The van der Waals surface area contributed by atoms with Crippen molar-refractivity contribution in [1.82, 2.24) is 5.32 Å². The van der Waals surface area contributed by atoms with Gasteiger partial charge in [0.15, 0.2) is 0 Å². The van der Waals surface area contributed by atoms with Gasteiger partial charge in [-0.3, -0.25) is 4.79 Å². The molecule has 0 aliphatic carbocycles. The first-order valence-corrected chi connectivity index (χ1v) is 7.19. The number of para-hydroxylation sites is 1. The van der Waals surface area contributed by atoms with E-state index in [1.165, 1.54) is 0 Å². The molecule has 0 aromatic heterocycles. The highest BCUT2D eigenvalue weighted by atomic mass is 32.2. The van der Waals surface area contributed by atoms with Crippen molar-refractivity contribution in [3.05, 3.63) is 30.3 Å². The Hall–Kier alpha value is -1.00. The quantitative estimate of drug-likeness (QED) is 0.782. The molecular weight excluding hydrogens is 232 g/mol. The van der Waals surface area contributed by atoms with Gasteiger partial charge in [-0.2, -0.15) is 11.8 Å². The number of benzene rings is 1. The summed E-state index contributed by atoms with van der Waals surface area (Å²) in [6.45, 7) is 2.47. The first kappa shape index (κ1) is 14.1. The Kier molecular flexibility index (Phi) is 6.74. The maximum atomic E-state index is 11.6. The molecule has 0 aliphatic heterocycles. The van der Waals surface area contributed by atoms with E-state index >= 15 is 0 Å². The third-order valence-corrected chi connectivity index (χ3v) is 3.07. The Bertz CT molecular complexity index is 329. The first-order valence-electron chi connectivity index (χ1n) is 5.79. The molecule has 4 heteroatoms. The molecule has 0 fully saturated rings. The number of rotatable bonds is 7. The summed E-state index contributed by atoms with van der Waals surface area (Å²) in [5.41, 5.74) is 0.844. The van der Waals surface area contributed by atoms with E-state index < -0.39 is 0 Å². The Morgan fingerprint density at radius 3 is 2.71 bits per heavy atom. The standard InChI is InChI=1S/C13H20N2OS/c1-11(8-9-17-2)14-10-13(16)15-12-6-4-3-5-7-12/h3-7,11,14H,8-10H2,1-2H3,(H,15,16). The zero-order chi connectivity index (χ0) is 12.5. The zero-order valence-electron chi connectivity index (χ0n) is 10.4. The molecule has 0 bridgehead atoms. The number of carbonyl (C=O) groups excluding carboxylic acids is 1. The van der Waals surface area contributed by atoms with Gasteiger partial charge in [-0.15, -0.1) is 0 Å². The lowest BCUT2D eigenvalue weighted by atomic mass is 10.2. The molecule has 0 radical (unpaired) electrons. The van der Waals surface area contributed by atoms with E-state index in [2.05, 4.69) is 23.8 Å². The molecule has 1 aromatic carbocycles. The minimum atomic E-state index is 0.00667. The van der Waals surface area contributed by atoms with Crippen LogP contribution in [0, 0.1) is 0 Å². The third kappa shape index (κ3) is 6.34.